The highest BCUT2D eigenvalue weighted by Gasteiger charge is 2.42. The molecule has 4 amide bonds. The second-order valence-electron chi connectivity index (χ2n) is 6.64. The molecule has 0 aliphatic carbocycles. The molecule has 1 atom stereocenters. The van der Waals surface area contributed by atoms with Crippen LogP contribution in [0, 0.1) is 0 Å². The number of ether oxygens (including phenoxy) is 1. The van der Waals surface area contributed by atoms with Crippen molar-refractivity contribution in [1.82, 2.24) is 24.6 Å². The molecule has 0 spiro atoms. The SMILES string of the molecule is O=C(O)N[C@H]1CN(C(=O)NS(=O)(=O)NCc2cc(=O)c(OCc3ccccc3)c[nH]2)C1=O. The lowest BCUT2D eigenvalue weighted by Gasteiger charge is -2.35. The molecule has 2 aromatic rings. The number of nitrogens with zero attached hydrogens (tertiary/aromatic N) is 1. The monoisotopic (exact) mass is 465 g/mol. The maximum Gasteiger partial charge on any atom is 0.405 e. The molecule has 0 saturated carbocycles. The molecule has 13 nitrogen and oxygen atoms in total. The molecule has 1 aliphatic rings. The maximum atomic E-state index is 12.2. The molecule has 0 radical (unpaired) electrons. The maximum absolute atomic E-state index is 12.2. The number of carboxylic acid groups (broad SMARTS) is 1. The van der Waals surface area contributed by atoms with Crippen LogP contribution in [0.5, 0.6) is 5.75 Å². The number of urea groups is 1. The van der Waals surface area contributed by atoms with Crippen molar-refractivity contribution in [2.75, 3.05) is 6.54 Å². The number of nitrogens with one attached hydrogen (secondary N) is 4. The number of amides is 4. The van der Waals surface area contributed by atoms with Crippen LogP contribution in [0.4, 0.5) is 9.59 Å². The van der Waals surface area contributed by atoms with E-state index in [-0.39, 0.29) is 31.1 Å². The van der Waals surface area contributed by atoms with Crippen molar-refractivity contribution in [2.45, 2.75) is 19.2 Å². The zero-order chi connectivity index (χ0) is 23.3. The topological polar surface area (TPSA) is 187 Å². The average Bonchev–Trinajstić information content (AvgIpc) is 2.74. The second kappa shape index (κ2) is 9.49. The normalized spacial score (nSPS) is 15.6. The van der Waals surface area contributed by atoms with Crippen molar-refractivity contribution in [1.29, 1.82) is 0 Å². The summed E-state index contributed by atoms with van der Waals surface area (Å²) in [5.41, 5.74) is 0.594. The molecule has 1 aliphatic heterocycles. The number of H-pyrrole nitrogens is 1. The van der Waals surface area contributed by atoms with Crippen molar-refractivity contribution < 1.29 is 32.6 Å². The summed E-state index contributed by atoms with van der Waals surface area (Å²) in [5.74, 6) is -0.829. The van der Waals surface area contributed by atoms with Crippen LogP contribution in [0.25, 0.3) is 0 Å². The van der Waals surface area contributed by atoms with Gasteiger partial charge >= 0.3 is 22.3 Å². The summed E-state index contributed by atoms with van der Waals surface area (Å²) in [7, 11) is -4.37. The van der Waals surface area contributed by atoms with E-state index in [1.165, 1.54) is 6.20 Å². The number of hydrogen-bond donors (Lipinski definition) is 5. The lowest BCUT2D eigenvalue weighted by molar-refractivity contribution is -0.138. The molecule has 0 unspecified atom stereocenters. The minimum atomic E-state index is -4.37. The first kappa shape index (κ1) is 22.8. The first-order valence-corrected chi connectivity index (χ1v) is 10.6. The largest absolute Gasteiger partial charge is 0.483 e. The Morgan fingerprint density at radius 1 is 1.22 bits per heavy atom. The molecule has 5 N–H and O–H groups in total. The Hall–Kier alpha value is -3.91. The van der Waals surface area contributed by atoms with E-state index >= 15 is 0 Å². The number of pyridine rings is 1. The number of imide groups is 1. The number of likely N-dealkylation sites (tertiary alicyclic amines) is 1. The van der Waals surface area contributed by atoms with E-state index < -0.39 is 39.7 Å². The lowest BCUT2D eigenvalue weighted by atomic mass is 10.1. The average molecular weight is 465 g/mol. The van der Waals surface area contributed by atoms with E-state index in [1.807, 2.05) is 35.6 Å². The Labute approximate surface area is 181 Å². The molecular formula is C18H19N5O8S. The first-order valence-electron chi connectivity index (χ1n) is 9.15. The molecule has 3 rings (SSSR count). The predicted octanol–water partition coefficient (Wildman–Crippen LogP) is -0.524. The van der Waals surface area contributed by atoms with Gasteiger partial charge in [-0.05, 0) is 5.56 Å². The molecule has 170 valence electrons. The molecule has 1 aromatic heterocycles. The van der Waals surface area contributed by atoms with E-state index in [0.717, 1.165) is 11.6 Å². The van der Waals surface area contributed by atoms with E-state index in [2.05, 4.69) is 9.71 Å². The summed E-state index contributed by atoms with van der Waals surface area (Å²) >= 11 is 0. The van der Waals surface area contributed by atoms with Crippen LogP contribution in [-0.2, 0) is 28.2 Å². The zero-order valence-corrected chi connectivity index (χ0v) is 17.2. The van der Waals surface area contributed by atoms with E-state index in [9.17, 15) is 27.6 Å². The molecule has 1 fully saturated rings. The number of aromatic nitrogens is 1. The van der Waals surface area contributed by atoms with Gasteiger partial charge in [0.15, 0.2) is 5.75 Å². The van der Waals surface area contributed by atoms with Crippen LogP contribution in [0.2, 0.25) is 0 Å². The van der Waals surface area contributed by atoms with E-state index in [4.69, 9.17) is 9.84 Å². The Balaban J connectivity index is 1.50. The summed E-state index contributed by atoms with van der Waals surface area (Å²) in [6.45, 7) is -0.474. The van der Waals surface area contributed by atoms with Gasteiger partial charge < -0.3 is 20.1 Å². The minimum absolute atomic E-state index is 0.0505. The number of β-lactam (4-membered cyclic amide) rings is 1. The van der Waals surface area contributed by atoms with Gasteiger partial charge in [0.1, 0.15) is 12.6 Å². The van der Waals surface area contributed by atoms with Gasteiger partial charge in [-0.2, -0.15) is 13.1 Å². The Morgan fingerprint density at radius 2 is 1.94 bits per heavy atom. The zero-order valence-electron chi connectivity index (χ0n) is 16.4. The third kappa shape index (κ3) is 5.83. The van der Waals surface area contributed by atoms with Crippen LogP contribution in [0.3, 0.4) is 0 Å². The molecule has 32 heavy (non-hydrogen) atoms. The molecule has 0 bridgehead atoms. The number of aromatic amines is 1. The summed E-state index contributed by atoms with van der Waals surface area (Å²) in [6.07, 6.45) is -0.148. The highest BCUT2D eigenvalue weighted by molar-refractivity contribution is 7.88. The van der Waals surface area contributed by atoms with Crippen LogP contribution in [0.1, 0.15) is 11.3 Å². The fraction of sp³-hybridized carbons (Fsp3) is 0.222. The van der Waals surface area contributed by atoms with Crippen LogP contribution in [0.15, 0.2) is 47.4 Å². The standard InChI is InChI=1S/C18H19N5O8S/c24-14-6-12(19-8-15(14)31-10-11-4-2-1-3-5-11)7-20-32(29,30)22-17(26)23-9-13(16(23)25)21-18(27)28/h1-6,8,13,20-21H,7,9-10H2,(H,19,24)(H,22,26)(H,27,28)/t13-/m0/s1. The Bertz CT molecular complexity index is 1180. The van der Waals surface area contributed by atoms with Gasteiger partial charge in [-0.15, -0.1) is 0 Å². The number of carbonyl (C=O) groups is 3. The van der Waals surface area contributed by atoms with Crippen molar-refractivity contribution in [3.63, 3.8) is 0 Å². The fourth-order valence-corrected chi connectivity index (χ4v) is 3.45. The number of rotatable bonds is 8. The van der Waals surface area contributed by atoms with Gasteiger partial charge in [0.25, 0.3) is 5.91 Å². The van der Waals surface area contributed by atoms with Gasteiger partial charge in [-0.1, -0.05) is 30.3 Å². The lowest BCUT2D eigenvalue weighted by Crippen LogP contribution is -2.67. The van der Waals surface area contributed by atoms with Gasteiger partial charge in [0.2, 0.25) is 5.43 Å². The first-order chi connectivity index (χ1) is 15.1. The second-order valence-corrected chi connectivity index (χ2v) is 8.14. The van der Waals surface area contributed by atoms with Crippen LogP contribution < -0.4 is 24.9 Å². The number of carbonyl (C=O) groups excluding carboxylic acids is 2. The quantitative estimate of drug-likeness (QED) is 0.322. The van der Waals surface area contributed by atoms with Gasteiger partial charge in [0.05, 0.1) is 13.1 Å². The number of benzene rings is 1. The summed E-state index contributed by atoms with van der Waals surface area (Å²) in [6, 6.07) is 7.99. The highest BCUT2D eigenvalue weighted by atomic mass is 32.2. The van der Waals surface area contributed by atoms with E-state index in [0.29, 0.717) is 4.90 Å². The molecule has 2 heterocycles. The summed E-state index contributed by atoms with van der Waals surface area (Å²) in [5, 5.41) is 10.4. The Kier molecular flexibility index (Phi) is 6.75. The highest BCUT2D eigenvalue weighted by Crippen LogP contribution is 2.11. The summed E-state index contributed by atoms with van der Waals surface area (Å²) < 4.78 is 33.2. The van der Waals surface area contributed by atoms with Gasteiger partial charge in [0, 0.05) is 18.0 Å². The third-order valence-electron chi connectivity index (χ3n) is 4.32. The molecule has 1 saturated heterocycles. The van der Waals surface area contributed by atoms with Crippen molar-refractivity contribution in [3.8, 4) is 5.75 Å². The van der Waals surface area contributed by atoms with Crippen LogP contribution in [-0.4, -0.2) is 54.0 Å². The van der Waals surface area contributed by atoms with E-state index in [1.54, 1.807) is 4.72 Å². The fourth-order valence-electron chi connectivity index (χ4n) is 2.70. The van der Waals surface area contributed by atoms with Crippen molar-refractivity contribution in [3.05, 3.63) is 64.1 Å². The third-order valence-corrected chi connectivity index (χ3v) is 5.29. The molecular weight excluding hydrogens is 446 g/mol. The van der Waals surface area contributed by atoms with Crippen LogP contribution >= 0.6 is 0 Å². The van der Waals surface area contributed by atoms with Gasteiger partial charge in [-0.25, -0.2) is 14.3 Å². The van der Waals surface area contributed by atoms with Gasteiger partial charge in [-0.3, -0.25) is 14.5 Å². The van der Waals surface area contributed by atoms with Crippen molar-refractivity contribution >= 4 is 28.2 Å². The molecule has 1 aromatic carbocycles. The van der Waals surface area contributed by atoms with Crippen molar-refractivity contribution in [2.24, 2.45) is 0 Å². The predicted molar refractivity (Wildman–Crippen MR) is 109 cm³/mol. The summed E-state index contributed by atoms with van der Waals surface area (Å²) in [4.78, 5) is 49.5. The smallest absolute Gasteiger partial charge is 0.405 e. The Morgan fingerprint density at radius 3 is 2.56 bits per heavy atom. The number of hydrogen-bond acceptors (Lipinski definition) is 7. The minimum Gasteiger partial charge on any atom is -0.483 e. The molecule has 14 heteroatoms.